The van der Waals surface area contributed by atoms with Gasteiger partial charge < -0.3 is 10.3 Å². The lowest BCUT2D eigenvalue weighted by Crippen LogP contribution is -2.18. The summed E-state index contributed by atoms with van der Waals surface area (Å²) in [5.41, 5.74) is 1.68. The fourth-order valence-corrected chi connectivity index (χ4v) is 2.43. The van der Waals surface area contributed by atoms with E-state index in [1.54, 1.807) is 24.4 Å². The van der Waals surface area contributed by atoms with Gasteiger partial charge in [0.15, 0.2) is 0 Å². The van der Waals surface area contributed by atoms with Crippen LogP contribution >= 0.6 is 0 Å². The SMILES string of the molecule is CNS(=O)(=O)c1cccc(NCc2cnc(C)[nH]2)c1. The fourth-order valence-electron chi connectivity index (χ4n) is 1.65. The molecule has 2 rings (SSSR count). The Morgan fingerprint density at radius 3 is 2.79 bits per heavy atom. The molecule has 0 saturated carbocycles. The van der Waals surface area contributed by atoms with Gasteiger partial charge in [-0.15, -0.1) is 0 Å². The highest BCUT2D eigenvalue weighted by Gasteiger charge is 2.11. The minimum Gasteiger partial charge on any atom is -0.379 e. The summed E-state index contributed by atoms with van der Waals surface area (Å²) in [5.74, 6) is 0.850. The average molecular weight is 280 g/mol. The van der Waals surface area contributed by atoms with Gasteiger partial charge in [-0.05, 0) is 32.2 Å². The number of nitrogens with zero attached hydrogens (tertiary/aromatic N) is 1. The van der Waals surface area contributed by atoms with Gasteiger partial charge in [0.05, 0.1) is 23.3 Å². The van der Waals surface area contributed by atoms with Gasteiger partial charge in [0, 0.05) is 5.69 Å². The number of rotatable bonds is 5. The van der Waals surface area contributed by atoms with Crippen LogP contribution in [0.25, 0.3) is 0 Å². The molecule has 1 aromatic heterocycles. The Hall–Kier alpha value is -1.86. The Balaban J connectivity index is 2.11. The van der Waals surface area contributed by atoms with Crippen LogP contribution in [0.5, 0.6) is 0 Å². The monoisotopic (exact) mass is 280 g/mol. The summed E-state index contributed by atoms with van der Waals surface area (Å²) in [7, 11) is -2.02. The van der Waals surface area contributed by atoms with Crippen molar-refractivity contribution in [2.45, 2.75) is 18.4 Å². The number of benzene rings is 1. The lowest BCUT2D eigenvalue weighted by atomic mass is 10.3. The second-order valence-corrected chi connectivity index (χ2v) is 5.97. The molecule has 0 spiro atoms. The molecular formula is C12H16N4O2S. The zero-order chi connectivity index (χ0) is 13.9. The molecule has 19 heavy (non-hydrogen) atoms. The number of hydrogen-bond acceptors (Lipinski definition) is 4. The Morgan fingerprint density at radius 2 is 2.16 bits per heavy atom. The number of H-pyrrole nitrogens is 1. The van der Waals surface area contributed by atoms with Crippen LogP contribution in [-0.2, 0) is 16.6 Å². The molecule has 3 N–H and O–H groups in total. The predicted octanol–water partition coefficient (Wildman–Crippen LogP) is 1.24. The number of aryl methyl sites for hydroxylation is 1. The number of nitrogens with one attached hydrogen (secondary N) is 3. The van der Waals surface area contributed by atoms with Crippen molar-refractivity contribution in [1.82, 2.24) is 14.7 Å². The first-order valence-corrected chi connectivity index (χ1v) is 7.27. The summed E-state index contributed by atoms with van der Waals surface area (Å²) in [6.45, 7) is 2.44. The summed E-state index contributed by atoms with van der Waals surface area (Å²) in [4.78, 5) is 7.43. The van der Waals surface area contributed by atoms with Crippen molar-refractivity contribution in [1.29, 1.82) is 0 Å². The van der Waals surface area contributed by atoms with Gasteiger partial charge >= 0.3 is 0 Å². The number of hydrogen-bond donors (Lipinski definition) is 3. The Labute approximate surface area is 112 Å². The van der Waals surface area contributed by atoms with Crippen LogP contribution < -0.4 is 10.0 Å². The summed E-state index contributed by atoms with van der Waals surface area (Å²) in [5, 5.41) is 3.15. The van der Waals surface area contributed by atoms with Crippen LogP contribution in [0.15, 0.2) is 35.4 Å². The molecule has 7 heteroatoms. The lowest BCUT2D eigenvalue weighted by molar-refractivity contribution is 0.588. The molecule has 6 nitrogen and oxygen atoms in total. The standard InChI is InChI=1S/C12H16N4O2S/c1-9-14-7-11(16-9)8-15-10-4-3-5-12(6-10)19(17,18)13-2/h3-7,13,15H,8H2,1-2H3,(H,14,16). The van der Waals surface area contributed by atoms with Gasteiger partial charge in [-0.25, -0.2) is 18.1 Å². The van der Waals surface area contributed by atoms with E-state index in [4.69, 9.17) is 0 Å². The second-order valence-electron chi connectivity index (χ2n) is 4.08. The summed E-state index contributed by atoms with van der Waals surface area (Å²) in [6.07, 6.45) is 1.75. The predicted molar refractivity (Wildman–Crippen MR) is 73.3 cm³/mol. The zero-order valence-corrected chi connectivity index (χ0v) is 11.6. The van der Waals surface area contributed by atoms with Gasteiger partial charge in [0.25, 0.3) is 0 Å². The van der Waals surface area contributed by atoms with Crippen molar-refractivity contribution in [2.75, 3.05) is 12.4 Å². The molecule has 0 bridgehead atoms. The largest absolute Gasteiger partial charge is 0.379 e. The van der Waals surface area contributed by atoms with Crippen LogP contribution in [0.3, 0.4) is 0 Å². The molecule has 1 aromatic carbocycles. The van der Waals surface area contributed by atoms with Crippen LogP contribution in [0.2, 0.25) is 0 Å². The van der Waals surface area contributed by atoms with Crippen molar-refractivity contribution in [2.24, 2.45) is 0 Å². The number of aromatic amines is 1. The summed E-state index contributed by atoms with van der Waals surface area (Å²) in [6, 6.07) is 6.66. The van der Waals surface area contributed by atoms with Crippen molar-refractivity contribution < 1.29 is 8.42 Å². The van der Waals surface area contributed by atoms with Gasteiger partial charge in [-0.1, -0.05) is 6.07 Å². The normalized spacial score (nSPS) is 11.5. The van der Waals surface area contributed by atoms with E-state index in [2.05, 4.69) is 20.0 Å². The third kappa shape index (κ3) is 3.33. The van der Waals surface area contributed by atoms with Crippen LogP contribution in [0.4, 0.5) is 5.69 Å². The van der Waals surface area contributed by atoms with E-state index in [-0.39, 0.29) is 4.90 Å². The average Bonchev–Trinajstić information content (AvgIpc) is 2.82. The smallest absolute Gasteiger partial charge is 0.240 e. The Morgan fingerprint density at radius 1 is 1.37 bits per heavy atom. The van der Waals surface area contributed by atoms with Gasteiger partial charge in [0.2, 0.25) is 10.0 Å². The maximum Gasteiger partial charge on any atom is 0.240 e. The Bertz CT molecular complexity index is 664. The first-order chi connectivity index (χ1) is 9.01. The van der Waals surface area contributed by atoms with Gasteiger partial charge in [0.1, 0.15) is 5.82 Å². The first-order valence-electron chi connectivity index (χ1n) is 5.79. The fraction of sp³-hybridized carbons (Fsp3) is 0.250. The zero-order valence-electron chi connectivity index (χ0n) is 10.8. The van der Waals surface area contributed by atoms with Crippen molar-refractivity contribution >= 4 is 15.7 Å². The lowest BCUT2D eigenvalue weighted by Gasteiger charge is -2.07. The molecule has 0 atom stereocenters. The van der Waals surface area contributed by atoms with Crippen LogP contribution in [0.1, 0.15) is 11.5 Å². The minimum absolute atomic E-state index is 0.237. The molecule has 0 aliphatic rings. The molecule has 102 valence electrons. The highest BCUT2D eigenvalue weighted by atomic mass is 32.2. The minimum atomic E-state index is -3.41. The third-order valence-electron chi connectivity index (χ3n) is 2.65. The maximum absolute atomic E-state index is 11.7. The molecule has 0 unspecified atom stereocenters. The van der Waals surface area contributed by atoms with E-state index < -0.39 is 10.0 Å². The molecule has 0 fully saturated rings. The molecular weight excluding hydrogens is 264 g/mol. The Kier molecular flexibility index (Phi) is 3.87. The number of aromatic nitrogens is 2. The van der Waals surface area contributed by atoms with Crippen LogP contribution in [-0.4, -0.2) is 25.4 Å². The molecule has 0 saturated heterocycles. The second kappa shape index (κ2) is 5.41. The molecule has 2 aromatic rings. The number of imidazole rings is 1. The summed E-state index contributed by atoms with van der Waals surface area (Å²) < 4.78 is 25.6. The van der Waals surface area contributed by atoms with Gasteiger partial charge in [-0.2, -0.15) is 0 Å². The quantitative estimate of drug-likeness (QED) is 0.769. The third-order valence-corrected chi connectivity index (χ3v) is 4.06. The topological polar surface area (TPSA) is 86.9 Å². The molecule has 1 heterocycles. The first kappa shape index (κ1) is 13.6. The summed E-state index contributed by atoms with van der Waals surface area (Å²) >= 11 is 0. The highest BCUT2D eigenvalue weighted by Crippen LogP contribution is 2.15. The van der Waals surface area contributed by atoms with Gasteiger partial charge in [-0.3, -0.25) is 0 Å². The van der Waals surface area contributed by atoms with E-state index in [1.807, 2.05) is 13.0 Å². The van der Waals surface area contributed by atoms with Crippen molar-refractivity contribution in [3.63, 3.8) is 0 Å². The molecule has 0 aliphatic carbocycles. The molecule has 0 amide bonds. The molecule has 0 aliphatic heterocycles. The van der Waals surface area contributed by atoms with Crippen LogP contribution in [0, 0.1) is 6.92 Å². The van der Waals surface area contributed by atoms with Crippen molar-refractivity contribution in [3.05, 3.63) is 42.0 Å². The van der Waals surface area contributed by atoms with E-state index >= 15 is 0 Å². The highest BCUT2D eigenvalue weighted by molar-refractivity contribution is 7.89. The molecule has 0 radical (unpaired) electrons. The van der Waals surface area contributed by atoms with E-state index in [0.717, 1.165) is 17.2 Å². The number of anilines is 1. The van der Waals surface area contributed by atoms with Crippen molar-refractivity contribution in [3.8, 4) is 0 Å². The van der Waals surface area contributed by atoms with E-state index in [1.165, 1.54) is 7.05 Å². The number of sulfonamides is 1. The van der Waals surface area contributed by atoms with E-state index in [0.29, 0.717) is 6.54 Å². The maximum atomic E-state index is 11.7. The van der Waals surface area contributed by atoms with E-state index in [9.17, 15) is 8.42 Å².